The predicted molar refractivity (Wildman–Crippen MR) is 71.0 cm³/mol. The van der Waals surface area contributed by atoms with Crippen molar-refractivity contribution < 1.29 is 0 Å². The highest BCUT2D eigenvalue weighted by molar-refractivity contribution is 6.42. The van der Waals surface area contributed by atoms with Crippen LogP contribution >= 0.6 is 23.2 Å². The Labute approximate surface area is 109 Å². The quantitative estimate of drug-likeness (QED) is 0.792. The Morgan fingerprint density at radius 1 is 1.00 bits per heavy atom. The molecule has 0 spiro atoms. The standard InChI is InChI=1S/C12H11Cl2N3/c13-8-5-10-11(6-9(8)14)16-12(7-15-10)17-3-1-2-4-17/h5-7H,1-4H2. The Hall–Kier alpha value is -1.06. The highest BCUT2D eigenvalue weighted by Crippen LogP contribution is 2.27. The first kappa shape index (κ1) is 11.1. The molecule has 0 radical (unpaired) electrons. The lowest BCUT2D eigenvalue weighted by Crippen LogP contribution is -2.19. The Morgan fingerprint density at radius 2 is 1.65 bits per heavy atom. The summed E-state index contributed by atoms with van der Waals surface area (Å²) in [5.74, 6) is 0.924. The van der Waals surface area contributed by atoms with Gasteiger partial charge in [0.15, 0.2) is 0 Å². The Bertz CT molecular complexity index is 565. The second kappa shape index (κ2) is 4.31. The monoisotopic (exact) mass is 267 g/mol. The van der Waals surface area contributed by atoms with Gasteiger partial charge in [0, 0.05) is 13.1 Å². The van der Waals surface area contributed by atoms with E-state index in [9.17, 15) is 0 Å². The van der Waals surface area contributed by atoms with E-state index in [0.29, 0.717) is 10.0 Å². The maximum Gasteiger partial charge on any atom is 0.147 e. The van der Waals surface area contributed by atoms with E-state index in [1.54, 1.807) is 18.3 Å². The largest absolute Gasteiger partial charge is 0.355 e. The zero-order valence-corrected chi connectivity index (χ0v) is 10.7. The smallest absolute Gasteiger partial charge is 0.147 e. The van der Waals surface area contributed by atoms with Gasteiger partial charge in [0.1, 0.15) is 5.82 Å². The average molecular weight is 268 g/mol. The van der Waals surface area contributed by atoms with Gasteiger partial charge in [-0.15, -0.1) is 0 Å². The number of nitrogens with zero attached hydrogens (tertiary/aromatic N) is 3. The molecule has 0 unspecified atom stereocenters. The summed E-state index contributed by atoms with van der Waals surface area (Å²) >= 11 is 11.9. The molecule has 0 aliphatic carbocycles. The van der Waals surface area contributed by atoms with E-state index in [4.69, 9.17) is 23.2 Å². The van der Waals surface area contributed by atoms with E-state index in [-0.39, 0.29) is 0 Å². The molecule has 1 aliphatic rings. The van der Waals surface area contributed by atoms with Gasteiger partial charge in [0.2, 0.25) is 0 Å². The molecule has 0 N–H and O–H groups in total. The zero-order chi connectivity index (χ0) is 11.8. The van der Waals surface area contributed by atoms with Crippen LogP contribution in [0.2, 0.25) is 10.0 Å². The number of benzene rings is 1. The van der Waals surface area contributed by atoms with Crippen LogP contribution in [-0.2, 0) is 0 Å². The molecule has 1 aromatic carbocycles. The Morgan fingerprint density at radius 3 is 2.35 bits per heavy atom. The number of rotatable bonds is 1. The number of hydrogen-bond donors (Lipinski definition) is 0. The lowest BCUT2D eigenvalue weighted by atomic mass is 10.3. The molecule has 88 valence electrons. The average Bonchev–Trinajstić information content (AvgIpc) is 2.83. The van der Waals surface area contributed by atoms with Gasteiger partial charge < -0.3 is 4.90 Å². The van der Waals surface area contributed by atoms with Crippen molar-refractivity contribution in [3.63, 3.8) is 0 Å². The summed E-state index contributed by atoms with van der Waals surface area (Å²) in [4.78, 5) is 11.2. The molecule has 1 saturated heterocycles. The zero-order valence-electron chi connectivity index (χ0n) is 9.16. The fraction of sp³-hybridized carbons (Fsp3) is 0.333. The molecule has 0 saturated carbocycles. The molecule has 2 aromatic rings. The van der Waals surface area contributed by atoms with Gasteiger partial charge >= 0.3 is 0 Å². The van der Waals surface area contributed by atoms with Crippen LogP contribution in [0.15, 0.2) is 18.3 Å². The van der Waals surface area contributed by atoms with Gasteiger partial charge in [-0.3, -0.25) is 4.98 Å². The van der Waals surface area contributed by atoms with Crippen molar-refractivity contribution in [2.24, 2.45) is 0 Å². The minimum absolute atomic E-state index is 0.516. The number of anilines is 1. The lowest BCUT2D eigenvalue weighted by molar-refractivity contribution is 0.936. The summed E-state index contributed by atoms with van der Waals surface area (Å²) in [6.45, 7) is 2.11. The van der Waals surface area contributed by atoms with Crippen LogP contribution in [0, 0.1) is 0 Å². The van der Waals surface area contributed by atoms with Crippen molar-refractivity contribution in [3.05, 3.63) is 28.4 Å². The topological polar surface area (TPSA) is 29.0 Å². The molecule has 1 aromatic heterocycles. The van der Waals surface area contributed by atoms with Crippen LogP contribution in [0.5, 0.6) is 0 Å². The second-order valence-corrected chi connectivity index (χ2v) is 4.99. The SMILES string of the molecule is Clc1cc2ncc(N3CCCC3)nc2cc1Cl. The minimum atomic E-state index is 0.516. The summed E-state index contributed by atoms with van der Waals surface area (Å²) < 4.78 is 0. The van der Waals surface area contributed by atoms with Gasteiger partial charge in [0.05, 0.1) is 27.3 Å². The number of hydrogen-bond acceptors (Lipinski definition) is 3. The molecule has 17 heavy (non-hydrogen) atoms. The van der Waals surface area contributed by atoms with Crippen molar-refractivity contribution in [1.82, 2.24) is 9.97 Å². The van der Waals surface area contributed by atoms with Gasteiger partial charge in [-0.25, -0.2) is 4.98 Å². The van der Waals surface area contributed by atoms with E-state index in [1.165, 1.54) is 12.8 Å². The minimum Gasteiger partial charge on any atom is -0.355 e. The maximum atomic E-state index is 5.99. The Kier molecular flexibility index (Phi) is 2.81. The van der Waals surface area contributed by atoms with Crippen LogP contribution in [0.3, 0.4) is 0 Å². The number of fused-ring (bicyclic) bond motifs is 1. The first-order valence-electron chi connectivity index (χ1n) is 5.61. The fourth-order valence-electron chi connectivity index (χ4n) is 2.10. The van der Waals surface area contributed by atoms with E-state index in [0.717, 1.165) is 29.9 Å². The van der Waals surface area contributed by atoms with Crippen molar-refractivity contribution in [2.45, 2.75) is 12.8 Å². The van der Waals surface area contributed by atoms with E-state index >= 15 is 0 Å². The Balaban J connectivity index is 2.08. The lowest BCUT2D eigenvalue weighted by Gasteiger charge is -2.16. The number of aromatic nitrogens is 2. The second-order valence-electron chi connectivity index (χ2n) is 4.18. The normalized spacial score (nSPS) is 15.8. The number of halogens is 2. The molecular weight excluding hydrogens is 257 g/mol. The molecule has 1 aliphatic heterocycles. The third-order valence-electron chi connectivity index (χ3n) is 3.00. The molecule has 2 heterocycles. The molecular formula is C12H11Cl2N3. The third kappa shape index (κ3) is 2.05. The molecule has 1 fully saturated rings. The maximum absolute atomic E-state index is 5.99. The van der Waals surface area contributed by atoms with E-state index < -0.39 is 0 Å². The summed E-state index contributed by atoms with van der Waals surface area (Å²) in [5.41, 5.74) is 1.58. The molecule has 5 heteroatoms. The predicted octanol–water partition coefficient (Wildman–Crippen LogP) is 3.54. The van der Waals surface area contributed by atoms with E-state index in [1.807, 2.05) is 0 Å². The van der Waals surface area contributed by atoms with Gasteiger partial charge in [-0.05, 0) is 25.0 Å². The first-order chi connectivity index (χ1) is 8.24. The van der Waals surface area contributed by atoms with Crippen LogP contribution in [0.4, 0.5) is 5.82 Å². The van der Waals surface area contributed by atoms with Crippen LogP contribution in [0.1, 0.15) is 12.8 Å². The van der Waals surface area contributed by atoms with Crippen molar-refractivity contribution in [1.29, 1.82) is 0 Å². The van der Waals surface area contributed by atoms with Crippen molar-refractivity contribution in [2.75, 3.05) is 18.0 Å². The summed E-state index contributed by atoms with van der Waals surface area (Å²) in [6, 6.07) is 3.52. The molecule has 3 rings (SSSR count). The molecule has 0 bridgehead atoms. The van der Waals surface area contributed by atoms with E-state index in [2.05, 4.69) is 14.9 Å². The molecule has 3 nitrogen and oxygen atoms in total. The van der Waals surface area contributed by atoms with Crippen LogP contribution < -0.4 is 4.90 Å². The molecule has 0 atom stereocenters. The van der Waals surface area contributed by atoms with Gasteiger partial charge in [-0.1, -0.05) is 23.2 Å². The fourth-order valence-corrected chi connectivity index (χ4v) is 2.41. The molecule has 0 amide bonds. The van der Waals surface area contributed by atoms with Crippen molar-refractivity contribution >= 4 is 40.1 Å². The van der Waals surface area contributed by atoms with Crippen molar-refractivity contribution in [3.8, 4) is 0 Å². The third-order valence-corrected chi connectivity index (χ3v) is 3.72. The van der Waals surface area contributed by atoms with Crippen LogP contribution in [0.25, 0.3) is 11.0 Å². The first-order valence-corrected chi connectivity index (χ1v) is 6.36. The summed E-state index contributed by atoms with van der Waals surface area (Å²) in [7, 11) is 0. The van der Waals surface area contributed by atoms with Gasteiger partial charge in [0.25, 0.3) is 0 Å². The highest BCUT2D eigenvalue weighted by atomic mass is 35.5. The van der Waals surface area contributed by atoms with Crippen LogP contribution in [-0.4, -0.2) is 23.1 Å². The van der Waals surface area contributed by atoms with Gasteiger partial charge in [-0.2, -0.15) is 0 Å². The summed E-state index contributed by atoms with van der Waals surface area (Å²) in [5, 5.41) is 1.04. The highest BCUT2D eigenvalue weighted by Gasteiger charge is 2.14. The summed E-state index contributed by atoms with van der Waals surface area (Å²) in [6.07, 6.45) is 4.25.